The van der Waals surface area contributed by atoms with Crippen molar-refractivity contribution in [1.82, 2.24) is 5.32 Å². The standard InChI is InChI=1S/C16H24N2O/c1-12(2)8-16(4,19)11-18-10-15-6-5-14(9-17)7-13(15)3/h5-7,12,18-19H,8,10-11H2,1-4H3. The van der Waals surface area contributed by atoms with Gasteiger partial charge in [-0.1, -0.05) is 19.9 Å². The molecule has 0 radical (unpaired) electrons. The number of nitrogens with zero attached hydrogens (tertiary/aromatic N) is 1. The Hall–Kier alpha value is -1.37. The van der Waals surface area contributed by atoms with Crippen LogP contribution in [0.4, 0.5) is 0 Å². The van der Waals surface area contributed by atoms with E-state index in [0.29, 0.717) is 24.6 Å². The Morgan fingerprint density at radius 2 is 2.11 bits per heavy atom. The van der Waals surface area contributed by atoms with Crippen LogP contribution in [0.1, 0.15) is 43.9 Å². The average Bonchev–Trinajstić information content (AvgIpc) is 2.29. The van der Waals surface area contributed by atoms with Crippen LogP contribution in [0, 0.1) is 24.2 Å². The summed E-state index contributed by atoms with van der Waals surface area (Å²) in [6.45, 7) is 9.38. The lowest BCUT2D eigenvalue weighted by molar-refractivity contribution is 0.0383. The Morgan fingerprint density at radius 1 is 1.42 bits per heavy atom. The minimum absolute atomic E-state index is 0.480. The topological polar surface area (TPSA) is 56.0 Å². The minimum atomic E-state index is -0.672. The number of hydrogen-bond donors (Lipinski definition) is 2. The first-order chi connectivity index (χ1) is 8.84. The number of nitriles is 1. The van der Waals surface area contributed by atoms with E-state index in [1.807, 2.05) is 32.0 Å². The molecule has 0 amide bonds. The van der Waals surface area contributed by atoms with Crippen molar-refractivity contribution in [2.75, 3.05) is 6.54 Å². The number of aliphatic hydroxyl groups is 1. The van der Waals surface area contributed by atoms with Gasteiger partial charge in [-0.15, -0.1) is 0 Å². The molecule has 0 saturated heterocycles. The van der Waals surface area contributed by atoms with E-state index in [0.717, 1.165) is 12.0 Å². The van der Waals surface area contributed by atoms with Crippen molar-refractivity contribution in [3.63, 3.8) is 0 Å². The summed E-state index contributed by atoms with van der Waals surface area (Å²) in [6, 6.07) is 7.83. The van der Waals surface area contributed by atoms with Gasteiger partial charge in [-0.05, 0) is 49.4 Å². The predicted molar refractivity (Wildman–Crippen MR) is 77.7 cm³/mol. The Bertz CT molecular complexity index is 458. The number of aryl methyl sites for hydroxylation is 1. The van der Waals surface area contributed by atoms with Gasteiger partial charge in [-0.3, -0.25) is 0 Å². The van der Waals surface area contributed by atoms with Gasteiger partial charge in [0.1, 0.15) is 0 Å². The molecule has 1 rings (SSSR count). The van der Waals surface area contributed by atoms with Crippen molar-refractivity contribution in [1.29, 1.82) is 5.26 Å². The van der Waals surface area contributed by atoms with Crippen LogP contribution >= 0.6 is 0 Å². The van der Waals surface area contributed by atoms with Gasteiger partial charge in [-0.25, -0.2) is 0 Å². The number of rotatable bonds is 6. The van der Waals surface area contributed by atoms with Crippen molar-refractivity contribution in [2.24, 2.45) is 5.92 Å². The summed E-state index contributed by atoms with van der Waals surface area (Å²) in [5, 5.41) is 22.3. The van der Waals surface area contributed by atoms with Crippen molar-refractivity contribution >= 4 is 0 Å². The highest BCUT2D eigenvalue weighted by Gasteiger charge is 2.21. The van der Waals surface area contributed by atoms with Crippen LogP contribution in [0.2, 0.25) is 0 Å². The van der Waals surface area contributed by atoms with E-state index in [9.17, 15) is 5.11 Å². The molecule has 0 bridgehead atoms. The molecular weight excluding hydrogens is 236 g/mol. The maximum absolute atomic E-state index is 10.2. The van der Waals surface area contributed by atoms with Gasteiger partial charge in [0.2, 0.25) is 0 Å². The average molecular weight is 260 g/mol. The molecule has 19 heavy (non-hydrogen) atoms. The minimum Gasteiger partial charge on any atom is -0.389 e. The largest absolute Gasteiger partial charge is 0.389 e. The third kappa shape index (κ3) is 5.42. The summed E-state index contributed by atoms with van der Waals surface area (Å²) in [4.78, 5) is 0. The lowest BCUT2D eigenvalue weighted by Crippen LogP contribution is -2.38. The van der Waals surface area contributed by atoms with Crippen molar-refractivity contribution < 1.29 is 5.11 Å². The van der Waals surface area contributed by atoms with E-state index >= 15 is 0 Å². The molecule has 0 aliphatic rings. The van der Waals surface area contributed by atoms with Gasteiger partial charge in [-0.2, -0.15) is 5.26 Å². The molecule has 0 saturated carbocycles. The summed E-state index contributed by atoms with van der Waals surface area (Å²) >= 11 is 0. The monoisotopic (exact) mass is 260 g/mol. The fourth-order valence-electron chi connectivity index (χ4n) is 2.38. The van der Waals surface area contributed by atoms with Crippen LogP contribution < -0.4 is 5.32 Å². The quantitative estimate of drug-likeness (QED) is 0.827. The molecule has 3 nitrogen and oxygen atoms in total. The summed E-state index contributed by atoms with van der Waals surface area (Å²) < 4.78 is 0. The highest BCUT2D eigenvalue weighted by Crippen LogP contribution is 2.16. The first kappa shape index (κ1) is 15.7. The number of nitrogens with one attached hydrogen (secondary N) is 1. The SMILES string of the molecule is Cc1cc(C#N)ccc1CNCC(C)(O)CC(C)C. The number of benzene rings is 1. The second-order valence-electron chi connectivity index (χ2n) is 5.95. The zero-order chi connectivity index (χ0) is 14.5. The molecule has 0 aliphatic heterocycles. The molecule has 0 aliphatic carbocycles. The smallest absolute Gasteiger partial charge is 0.0991 e. The molecule has 0 spiro atoms. The van der Waals surface area contributed by atoms with Crippen LogP contribution in [0.25, 0.3) is 0 Å². The predicted octanol–water partition coefficient (Wildman–Crippen LogP) is 2.75. The van der Waals surface area contributed by atoms with Crippen LogP contribution in [-0.2, 0) is 6.54 Å². The van der Waals surface area contributed by atoms with Gasteiger partial charge in [0.25, 0.3) is 0 Å². The van der Waals surface area contributed by atoms with Crippen LogP contribution in [-0.4, -0.2) is 17.3 Å². The van der Waals surface area contributed by atoms with Crippen molar-refractivity contribution in [2.45, 2.75) is 46.3 Å². The van der Waals surface area contributed by atoms with Crippen LogP contribution in [0.15, 0.2) is 18.2 Å². The van der Waals surface area contributed by atoms with E-state index < -0.39 is 5.60 Å². The lowest BCUT2D eigenvalue weighted by Gasteiger charge is -2.25. The molecule has 1 atom stereocenters. The van der Waals surface area contributed by atoms with Crippen LogP contribution in [0.3, 0.4) is 0 Å². The maximum atomic E-state index is 10.2. The first-order valence-electron chi connectivity index (χ1n) is 6.77. The second kappa shape index (κ2) is 6.70. The Balaban J connectivity index is 2.52. The van der Waals surface area contributed by atoms with E-state index in [1.165, 1.54) is 5.56 Å². The van der Waals surface area contributed by atoms with Gasteiger partial charge in [0.05, 0.1) is 17.2 Å². The molecule has 1 aromatic carbocycles. The first-order valence-corrected chi connectivity index (χ1v) is 6.77. The normalized spacial score (nSPS) is 14.2. The molecule has 1 aromatic rings. The molecule has 104 valence electrons. The highest BCUT2D eigenvalue weighted by molar-refractivity contribution is 5.37. The van der Waals surface area contributed by atoms with E-state index in [1.54, 1.807) is 0 Å². The molecule has 2 N–H and O–H groups in total. The van der Waals surface area contributed by atoms with E-state index in [2.05, 4.69) is 25.2 Å². The third-order valence-electron chi connectivity index (χ3n) is 3.14. The Labute approximate surface area is 116 Å². The molecule has 1 unspecified atom stereocenters. The number of hydrogen-bond acceptors (Lipinski definition) is 3. The van der Waals surface area contributed by atoms with E-state index in [4.69, 9.17) is 5.26 Å². The molecular formula is C16H24N2O. The highest BCUT2D eigenvalue weighted by atomic mass is 16.3. The van der Waals surface area contributed by atoms with Gasteiger partial charge < -0.3 is 10.4 Å². The van der Waals surface area contributed by atoms with Gasteiger partial charge in [0, 0.05) is 13.1 Å². The summed E-state index contributed by atoms with van der Waals surface area (Å²) in [5.41, 5.74) is 2.29. The fourth-order valence-corrected chi connectivity index (χ4v) is 2.38. The summed E-state index contributed by atoms with van der Waals surface area (Å²) in [6.07, 6.45) is 0.784. The van der Waals surface area contributed by atoms with Gasteiger partial charge in [0.15, 0.2) is 0 Å². The molecule has 3 heteroatoms. The van der Waals surface area contributed by atoms with Crippen molar-refractivity contribution in [3.05, 3.63) is 34.9 Å². The van der Waals surface area contributed by atoms with Gasteiger partial charge >= 0.3 is 0 Å². The zero-order valence-corrected chi connectivity index (χ0v) is 12.3. The maximum Gasteiger partial charge on any atom is 0.0991 e. The molecule has 0 aromatic heterocycles. The summed E-state index contributed by atoms with van der Waals surface area (Å²) in [7, 11) is 0. The van der Waals surface area contributed by atoms with Crippen LogP contribution in [0.5, 0.6) is 0 Å². The molecule has 0 heterocycles. The summed E-state index contributed by atoms with van der Waals surface area (Å²) in [5.74, 6) is 0.480. The lowest BCUT2D eigenvalue weighted by atomic mass is 9.94. The van der Waals surface area contributed by atoms with E-state index in [-0.39, 0.29) is 0 Å². The zero-order valence-electron chi connectivity index (χ0n) is 12.3. The molecule has 0 fully saturated rings. The Kier molecular flexibility index (Phi) is 5.53. The third-order valence-corrected chi connectivity index (χ3v) is 3.14. The Morgan fingerprint density at radius 3 is 2.63 bits per heavy atom. The van der Waals surface area contributed by atoms with Crippen molar-refractivity contribution in [3.8, 4) is 6.07 Å². The second-order valence-corrected chi connectivity index (χ2v) is 5.95. The fraction of sp³-hybridized carbons (Fsp3) is 0.562.